The first-order valence-electron chi connectivity index (χ1n) is 13.3. The number of fused-ring (bicyclic) bond motifs is 1. The summed E-state index contributed by atoms with van der Waals surface area (Å²) in [5.41, 5.74) is 9.78. The summed E-state index contributed by atoms with van der Waals surface area (Å²) in [6.45, 7) is 1.60. The third-order valence-electron chi connectivity index (χ3n) is 7.04. The van der Waals surface area contributed by atoms with Crippen LogP contribution in [0.15, 0.2) is 88.8 Å². The van der Waals surface area contributed by atoms with E-state index < -0.39 is 19.9 Å². The molecule has 3 N–H and O–H groups in total. The molecular formula is C31H30N4O7S2. The molecule has 0 bridgehead atoms. The number of nitrogens with two attached hydrogens (primary N) is 1. The molecule has 0 radical (unpaired) electrons. The summed E-state index contributed by atoms with van der Waals surface area (Å²) in [4.78, 5) is 9.07. The molecule has 2 heterocycles. The number of aromatic nitrogens is 2. The second-order valence-electron chi connectivity index (χ2n) is 9.66. The Balaban J connectivity index is 1.51. The standard InChI is InChI=1S/C31H30N4O7S2/c1-5-43(36,37)23-9-6-19(7-10-23)25-15-21-14-20(8-12-26(21)34-30(25)32)22-16-27(31(42-4)33-18-22)35-44(38,39)24-11-13-28(40-2)29(17-24)41-3/h6-18,35H,5H2,1-4H3,(H2,32,34). The molecular weight excluding hydrogens is 604 g/mol. The molecule has 5 aromatic rings. The lowest BCUT2D eigenvalue weighted by molar-refractivity contribution is 0.354. The molecule has 44 heavy (non-hydrogen) atoms. The molecule has 2 aromatic heterocycles. The molecule has 0 saturated carbocycles. The van der Waals surface area contributed by atoms with Crippen LogP contribution in [0.3, 0.4) is 0 Å². The number of ether oxygens (including phenoxy) is 3. The third-order valence-corrected chi connectivity index (χ3v) is 10.1. The highest BCUT2D eigenvalue weighted by atomic mass is 32.2. The molecule has 0 fully saturated rings. The minimum atomic E-state index is -4.06. The van der Waals surface area contributed by atoms with E-state index in [1.807, 2.05) is 18.2 Å². The first-order valence-corrected chi connectivity index (χ1v) is 16.5. The zero-order chi connectivity index (χ0) is 31.6. The highest BCUT2D eigenvalue weighted by molar-refractivity contribution is 7.92. The van der Waals surface area contributed by atoms with Crippen molar-refractivity contribution in [1.29, 1.82) is 0 Å². The van der Waals surface area contributed by atoms with Crippen LogP contribution in [0.5, 0.6) is 17.4 Å². The molecule has 0 amide bonds. The van der Waals surface area contributed by atoms with Crippen molar-refractivity contribution in [2.24, 2.45) is 0 Å². The van der Waals surface area contributed by atoms with Gasteiger partial charge < -0.3 is 19.9 Å². The van der Waals surface area contributed by atoms with Crippen LogP contribution < -0.4 is 24.7 Å². The highest BCUT2D eigenvalue weighted by Crippen LogP contribution is 2.35. The second-order valence-corrected chi connectivity index (χ2v) is 13.6. The zero-order valence-corrected chi connectivity index (χ0v) is 26.0. The summed E-state index contributed by atoms with van der Waals surface area (Å²) in [5.74, 6) is 1.05. The van der Waals surface area contributed by atoms with Crippen molar-refractivity contribution >= 4 is 42.3 Å². The highest BCUT2D eigenvalue weighted by Gasteiger charge is 2.21. The lowest BCUT2D eigenvalue weighted by Crippen LogP contribution is -2.14. The normalized spacial score (nSPS) is 11.7. The van der Waals surface area contributed by atoms with E-state index in [0.29, 0.717) is 28.2 Å². The van der Waals surface area contributed by atoms with Crippen molar-refractivity contribution in [3.8, 4) is 39.6 Å². The van der Waals surface area contributed by atoms with Crippen LogP contribution >= 0.6 is 0 Å². The SMILES string of the molecule is CCS(=O)(=O)c1ccc(-c2cc3cc(-c4cnc(OC)c(NS(=O)(=O)c5ccc(OC)c(OC)c5)c4)ccc3nc2N)cc1. The molecule has 5 rings (SSSR count). The van der Waals surface area contributed by atoms with Gasteiger partial charge in [-0.15, -0.1) is 0 Å². The van der Waals surface area contributed by atoms with Crippen LogP contribution in [0.25, 0.3) is 33.2 Å². The molecule has 11 nitrogen and oxygen atoms in total. The van der Waals surface area contributed by atoms with Crippen molar-refractivity contribution in [1.82, 2.24) is 9.97 Å². The van der Waals surface area contributed by atoms with Gasteiger partial charge in [0.1, 0.15) is 11.5 Å². The summed E-state index contributed by atoms with van der Waals surface area (Å²) in [5, 5.41) is 0.764. The minimum Gasteiger partial charge on any atom is -0.493 e. The van der Waals surface area contributed by atoms with Crippen LogP contribution in [-0.4, -0.2) is 53.9 Å². The van der Waals surface area contributed by atoms with Gasteiger partial charge in [-0.2, -0.15) is 0 Å². The molecule has 0 aliphatic heterocycles. The van der Waals surface area contributed by atoms with Gasteiger partial charge in [-0.3, -0.25) is 4.72 Å². The molecule has 0 aliphatic rings. The number of pyridine rings is 2. The van der Waals surface area contributed by atoms with Crippen molar-refractivity contribution < 1.29 is 31.0 Å². The molecule has 0 atom stereocenters. The summed E-state index contributed by atoms with van der Waals surface area (Å²) in [6.07, 6.45) is 1.58. The van der Waals surface area contributed by atoms with Gasteiger partial charge in [-0.25, -0.2) is 26.8 Å². The Kier molecular flexibility index (Phi) is 8.35. The first-order chi connectivity index (χ1) is 21.0. The average molecular weight is 635 g/mol. The molecule has 0 saturated heterocycles. The van der Waals surface area contributed by atoms with Crippen LogP contribution in [0.2, 0.25) is 0 Å². The predicted molar refractivity (Wildman–Crippen MR) is 169 cm³/mol. The number of sulfonamides is 1. The van der Waals surface area contributed by atoms with Crippen molar-refractivity contribution in [2.45, 2.75) is 16.7 Å². The van der Waals surface area contributed by atoms with Crippen LogP contribution in [-0.2, 0) is 19.9 Å². The Morgan fingerprint density at radius 3 is 2.09 bits per heavy atom. The molecule has 228 valence electrons. The van der Waals surface area contributed by atoms with Crippen LogP contribution in [0, 0.1) is 0 Å². The molecule has 0 unspecified atom stereocenters. The number of anilines is 2. The summed E-state index contributed by atoms with van der Waals surface area (Å²) in [7, 11) is -3.11. The largest absolute Gasteiger partial charge is 0.493 e. The molecule has 0 spiro atoms. The number of nitrogen functional groups attached to an aromatic ring is 1. The summed E-state index contributed by atoms with van der Waals surface area (Å²) in [6, 6.07) is 19.8. The quantitative estimate of drug-likeness (QED) is 0.210. The maximum Gasteiger partial charge on any atom is 0.262 e. The van der Waals surface area contributed by atoms with Gasteiger partial charge >= 0.3 is 0 Å². The molecule has 3 aromatic carbocycles. The smallest absolute Gasteiger partial charge is 0.262 e. The fraction of sp³-hybridized carbons (Fsp3) is 0.161. The van der Waals surface area contributed by atoms with Gasteiger partial charge in [-0.1, -0.05) is 25.1 Å². The number of hydrogen-bond donors (Lipinski definition) is 2. The van der Waals surface area contributed by atoms with E-state index in [4.69, 9.17) is 19.9 Å². The third kappa shape index (κ3) is 5.96. The first kappa shape index (κ1) is 30.6. The maximum atomic E-state index is 13.3. The van der Waals surface area contributed by atoms with Gasteiger partial charge in [0.15, 0.2) is 21.3 Å². The number of sulfone groups is 1. The maximum absolute atomic E-state index is 13.3. The number of hydrogen-bond acceptors (Lipinski definition) is 10. The number of methoxy groups -OCH3 is 3. The van der Waals surface area contributed by atoms with Gasteiger partial charge in [0, 0.05) is 28.8 Å². The average Bonchev–Trinajstić information content (AvgIpc) is 3.03. The van der Waals surface area contributed by atoms with E-state index in [1.54, 1.807) is 49.5 Å². The lowest BCUT2D eigenvalue weighted by Gasteiger charge is -2.14. The minimum absolute atomic E-state index is 0.00834. The fourth-order valence-corrected chi connectivity index (χ4v) is 6.59. The van der Waals surface area contributed by atoms with Gasteiger partial charge in [0.2, 0.25) is 5.88 Å². The number of benzene rings is 3. The lowest BCUT2D eigenvalue weighted by atomic mass is 10.0. The number of nitrogens with one attached hydrogen (secondary N) is 1. The van der Waals surface area contributed by atoms with E-state index in [-0.39, 0.29) is 32.9 Å². The van der Waals surface area contributed by atoms with E-state index in [1.165, 1.54) is 39.5 Å². The summed E-state index contributed by atoms with van der Waals surface area (Å²) >= 11 is 0. The number of nitrogens with zero attached hydrogens (tertiary/aromatic N) is 2. The Morgan fingerprint density at radius 1 is 0.750 bits per heavy atom. The molecule has 0 aliphatic carbocycles. The van der Waals surface area contributed by atoms with Crippen molar-refractivity contribution in [2.75, 3.05) is 37.5 Å². The summed E-state index contributed by atoms with van der Waals surface area (Å²) < 4.78 is 69.5. The van der Waals surface area contributed by atoms with Gasteiger partial charge in [0.05, 0.1) is 42.4 Å². The Labute approximate surface area is 255 Å². The van der Waals surface area contributed by atoms with Crippen molar-refractivity contribution in [3.05, 3.63) is 79.0 Å². The number of rotatable bonds is 10. The van der Waals surface area contributed by atoms with Gasteiger partial charge in [0.25, 0.3) is 10.0 Å². The Hall–Kier alpha value is -4.88. The van der Waals surface area contributed by atoms with E-state index in [0.717, 1.165) is 16.5 Å². The fourth-order valence-electron chi connectivity index (χ4n) is 4.64. The Bertz CT molecular complexity index is 2080. The van der Waals surface area contributed by atoms with Crippen LogP contribution in [0.4, 0.5) is 11.5 Å². The predicted octanol–water partition coefficient (Wildman–Crippen LogP) is 5.17. The van der Waals surface area contributed by atoms with E-state index in [9.17, 15) is 16.8 Å². The topological polar surface area (TPSA) is 160 Å². The van der Waals surface area contributed by atoms with Gasteiger partial charge in [-0.05, 0) is 59.7 Å². The van der Waals surface area contributed by atoms with Crippen molar-refractivity contribution in [3.63, 3.8) is 0 Å². The molecule has 13 heteroatoms. The zero-order valence-electron chi connectivity index (χ0n) is 24.4. The van der Waals surface area contributed by atoms with E-state index >= 15 is 0 Å². The second kappa shape index (κ2) is 12.0. The monoisotopic (exact) mass is 634 g/mol. The Morgan fingerprint density at radius 2 is 1.43 bits per heavy atom. The van der Waals surface area contributed by atoms with Crippen LogP contribution in [0.1, 0.15) is 6.92 Å². The van der Waals surface area contributed by atoms with E-state index in [2.05, 4.69) is 14.7 Å².